The quantitative estimate of drug-likeness (QED) is 0.874. The van der Waals surface area contributed by atoms with E-state index in [1.807, 2.05) is 19.9 Å². The van der Waals surface area contributed by atoms with Crippen LogP contribution in [0.1, 0.15) is 58.3 Å². The Bertz CT molecular complexity index is 441. The first-order chi connectivity index (χ1) is 7.77. The molecule has 0 spiro atoms. The topological polar surface area (TPSA) is 60.9 Å². The zero-order chi connectivity index (χ0) is 13.2. The van der Waals surface area contributed by atoms with Crippen LogP contribution in [0.5, 0.6) is 0 Å². The predicted molar refractivity (Wildman–Crippen MR) is 70.1 cm³/mol. The van der Waals surface area contributed by atoms with E-state index < -0.39 is 0 Å². The number of nitrogens with two attached hydrogens (primary N) is 1. The van der Waals surface area contributed by atoms with E-state index in [9.17, 15) is 4.79 Å². The number of rotatable bonds is 3. The van der Waals surface area contributed by atoms with Crippen molar-refractivity contribution >= 4 is 0 Å². The molecule has 1 aromatic rings. The van der Waals surface area contributed by atoms with Crippen LogP contribution in [0.3, 0.4) is 0 Å². The van der Waals surface area contributed by atoms with Crippen molar-refractivity contribution < 1.29 is 0 Å². The van der Waals surface area contributed by atoms with Crippen molar-refractivity contribution in [2.24, 2.45) is 5.73 Å². The van der Waals surface area contributed by atoms with Crippen LogP contribution in [-0.2, 0) is 12.0 Å². The lowest BCUT2D eigenvalue weighted by Crippen LogP contribution is -2.32. The molecule has 1 heterocycles. The van der Waals surface area contributed by atoms with E-state index in [-0.39, 0.29) is 17.0 Å². The molecule has 0 fully saturated rings. The van der Waals surface area contributed by atoms with Gasteiger partial charge in [-0.1, -0.05) is 27.7 Å². The van der Waals surface area contributed by atoms with Gasteiger partial charge in [-0.15, -0.1) is 0 Å². The Balaban J connectivity index is 3.42. The number of aryl methyl sites for hydroxylation is 1. The molecule has 1 unspecified atom stereocenters. The third-order valence-corrected chi connectivity index (χ3v) is 2.70. The van der Waals surface area contributed by atoms with Gasteiger partial charge in [-0.3, -0.25) is 4.79 Å². The zero-order valence-electron chi connectivity index (χ0n) is 11.4. The Morgan fingerprint density at radius 3 is 2.47 bits per heavy atom. The highest BCUT2D eigenvalue weighted by Crippen LogP contribution is 2.20. The standard InChI is InChI=1S/C13H23N3O/c1-6-7-16-12(17)10(9(2)14)8-11(15-16)13(3,4)5/h8-9H,6-7,14H2,1-5H3. The molecule has 0 amide bonds. The fourth-order valence-corrected chi connectivity index (χ4v) is 1.62. The lowest BCUT2D eigenvalue weighted by Gasteiger charge is -2.20. The Morgan fingerprint density at radius 2 is 2.06 bits per heavy atom. The van der Waals surface area contributed by atoms with Crippen LogP contribution in [0.15, 0.2) is 10.9 Å². The fraction of sp³-hybridized carbons (Fsp3) is 0.692. The minimum absolute atomic E-state index is 0.0603. The predicted octanol–water partition coefficient (Wildman–Crippen LogP) is 1.97. The molecular formula is C13H23N3O. The molecule has 96 valence electrons. The molecule has 0 bridgehead atoms. The molecule has 0 aliphatic carbocycles. The lowest BCUT2D eigenvalue weighted by molar-refractivity contribution is 0.488. The zero-order valence-corrected chi connectivity index (χ0v) is 11.4. The van der Waals surface area contributed by atoms with Gasteiger partial charge in [-0.2, -0.15) is 5.10 Å². The van der Waals surface area contributed by atoms with Crippen LogP contribution in [0.2, 0.25) is 0 Å². The largest absolute Gasteiger partial charge is 0.324 e. The van der Waals surface area contributed by atoms with Crippen molar-refractivity contribution in [3.8, 4) is 0 Å². The fourth-order valence-electron chi connectivity index (χ4n) is 1.62. The van der Waals surface area contributed by atoms with Crippen LogP contribution in [-0.4, -0.2) is 9.78 Å². The molecule has 2 N–H and O–H groups in total. The highest BCUT2D eigenvalue weighted by molar-refractivity contribution is 5.21. The number of hydrogen-bond donors (Lipinski definition) is 1. The van der Waals surface area contributed by atoms with Crippen LogP contribution >= 0.6 is 0 Å². The average Bonchev–Trinajstić information content (AvgIpc) is 2.19. The van der Waals surface area contributed by atoms with E-state index in [0.29, 0.717) is 12.1 Å². The van der Waals surface area contributed by atoms with Crippen LogP contribution < -0.4 is 11.3 Å². The molecule has 17 heavy (non-hydrogen) atoms. The van der Waals surface area contributed by atoms with E-state index in [2.05, 4.69) is 25.9 Å². The summed E-state index contributed by atoms with van der Waals surface area (Å²) in [6.07, 6.45) is 0.888. The number of aromatic nitrogens is 2. The van der Waals surface area contributed by atoms with Crippen molar-refractivity contribution in [3.63, 3.8) is 0 Å². The maximum atomic E-state index is 12.1. The van der Waals surface area contributed by atoms with Crippen LogP contribution in [0.25, 0.3) is 0 Å². The first-order valence-electron chi connectivity index (χ1n) is 6.15. The molecule has 0 saturated heterocycles. The normalized spacial score (nSPS) is 13.8. The van der Waals surface area contributed by atoms with Crippen LogP contribution in [0.4, 0.5) is 0 Å². The summed E-state index contributed by atoms with van der Waals surface area (Å²) in [4.78, 5) is 12.1. The van der Waals surface area contributed by atoms with Crippen LogP contribution in [0, 0.1) is 0 Å². The smallest absolute Gasteiger partial charge is 0.271 e. The maximum Gasteiger partial charge on any atom is 0.271 e. The summed E-state index contributed by atoms with van der Waals surface area (Å²) >= 11 is 0. The molecule has 4 nitrogen and oxygen atoms in total. The highest BCUT2D eigenvalue weighted by atomic mass is 16.1. The SMILES string of the molecule is CCCn1nc(C(C)(C)C)cc(C(C)N)c1=O. The molecule has 1 rings (SSSR count). The Morgan fingerprint density at radius 1 is 1.47 bits per heavy atom. The minimum atomic E-state index is -0.255. The van der Waals surface area contributed by atoms with Gasteiger partial charge in [-0.25, -0.2) is 4.68 Å². The molecule has 0 radical (unpaired) electrons. The second-order valence-electron chi connectivity index (χ2n) is 5.55. The van der Waals surface area contributed by atoms with Gasteiger partial charge in [0.1, 0.15) is 0 Å². The maximum absolute atomic E-state index is 12.1. The van der Waals surface area contributed by atoms with E-state index in [1.54, 1.807) is 4.68 Å². The average molecular weight is 237 g/mol. The third kappa shape index (κ3) is 3.16. The van der Waals surface area contributed by atoms with Gasteiger partial charge >= 0.3 is 0 Å². The summed E-state index contributed by atoms with van der Waals surface area (Å²) in [5.41, 5.74) is 7.28. The van der Waals surface area contributed by atoms with Gasteiger partial charge in [0.25, 0.3) is 5.56 Å². The summed E-state index contributed by atoms with van der Waals surface area (Å²) in [5, 5.41) is 4.42. The first-order valence-corrected chi connectivity index (χ1v) is 6.15. The molecule has 0 aliphatic rings. The van der Waals surface area contributed by atoms with Gasteiger partial charge in [0.05, 0.1) is 5.69 Å². The van der Waals surface area contributed by atoms with E-state index in [0.717, 1.165) is 12.1 Å². The Kier molecular flexibility index (Phi) is 4.09. The monoisotopic (exact) mass is 237 g/mol. The molecule has 0 aliphatic heterocycles. The molecule has 4 heteroatoms. The van der Waals surface area contributed by atoms with E-state index in [1.165, 1.54) is 0 Å². The summed E-state index contributed by atoms with van der Waals surface area (Å²) < 4.78 is 1.54. The van der Waals surface area contributed by atoms with Crippen molar-refractivity contribution in [1.82, 2.24) is 9.78 Å². The van der Waals surface area contributed by atoms with Gasteiger partial charge in [0, 0.05) is 23.6 Å². The second kappa shape index (κ2) is 5.00. The van der Waals surface area contributed by atoms with Gasteiger partial charge in [0.15, 0.2) is 0 Å². The molecule has 0 aromatic carbocycles. The molecule has 1 atom stereocenters. The van der Waals surface area contributed by atoms with E-state index in [4.69, 9.17) is 5.73 Å². The van der Waals surface area contributed by atoms with Gasteiger partial charge in [-0.05, 0) is 19.4 Å². The minimum Gasteiger partial charge on any atom is -0.324 e. The summed E-state index contributed by atoms with van der Waals surface area (Å²) in [6.45, 7) is 10.8. The lowest BCUT2D eigenvalue weighted by atomic mass is 9.90. The van der Waals surface area contributed by atoms with Crippen molar-refractivity contribution in [1.29, 1.82) is 0 Å². The molecular weight excluding hydrogens is 214 g/mol. The molecule has 0 saturated carbocycles. The van der Waals surface area contributed by atoms with Crippen molar-refractivity contribution in [2.45, 2.75) is 59.0 Å². The third-order valence-electron chi connectivity index (χ3n) is 2.70. The second-order valence-corrected chi connectivity index (χ2v) is 5.55. The highest BCUT2D eigenvalue weighted by Gasteiger charge is 2.20. The van der Waals surface area contributed by atoms with Gasteiger partial charge in [0.2, 0.25) is 0 Å². The summed E-state index contributed by atoms with van der Waals surface area (Å²) in [5.74, 6) is 0. The Labute approximate surface area is 103 Å². The molecule has 1 aromatic heterocycles. The Hall–Kier alpha value is -1.16. The summed E-state index contributed by atoms with van der Waals surface area (Å²) in [7, 11) is 0. The van der Waals surface area contributed by atoms with Crippen molar-refractivity contribution in [3.05, 3.63) is 27.7 Å². The number of hydrogen-bond acceptors (Lipinski definition) is 3. The van der Waals surface area contributed by atoms with Gasteiger partial charge < -0.3 is 5.73 Å². The summed E-state index contributed by atoms with van der Waals surface area (Å²) in [6, 6.07) is 1.59. The van der Waals surface area contributed by atoms with E-state index >= 15 is 0 Å². The van der Waals surface area contributed by atoms with Crippen molar-refractivity contribution in [2.75, 3.05) is 0 Å². The first kappa shape index (κ1) is 13.9. The number of nitrogens with zero attached hydrogens (tertiary/aromatic N) is 2.